The van der Waals surface area contributed by atoms with Crippen molar-refractivity contribution >= 4 is 11.8 Å². The number of benzene rings is 4. The lowest BCUT2D eigenvalue weighted by molar-refractivity contribution is 0.0565. The van der Waals surface area contributed by atoms with E-state index in [9.17, 15) is 9.59 Å². The monoisotopic (exact) mass is 724 g/mol. The Kier molecular flexibility index (Phi) is 11.7. The predicted octanol–water partition coefficient (Wildman–Crippen LogP) is 8.89. The molecule has 3 fully saturated rings. The second-order valence-corrected chi connectivity index (χ2v) is 16.7. The van der Waals surface area contributed by atoms with Gasteiger partial charge < -0.3 is 19.6 Å². The van der Waals surface area contributed by atoms with Crippen LogP contribution in [0.4, 0.5) is 0 Å². The van der Waals surface area contributed by atoms with Crippen molar-refractivity contribution in [3.63, 3.8) is 0 Å². The third-order valence-electron chi connectivity index (χ3n) is 13.1. The number of carbonyl (C=O) groups is 2. The topological polar surface area (TPSA) is 47.1 Å². The van der Waals surface area contributed by atoms with Crippen LogP contribution in [0.15, 0.2) is 72.8 Å². The first-order valence-corrected chi connectivity index (χ1v) is 20.4. The highest BCUT2D eigenvalue weighted by Gasteiger charge is 2.29. The quantitative estimate of drug-likeness (QED) is 0.182. The summed E-state index contributed by atoms with van der Waals surface area (Å²) in [5.41, 5.74) is 14.2. The summed E-state index contributed by atoms with van der Waals surface area (Å²) < 4.78 is 0. The number of amides is 2. The lowest BCUT2D eigenvalue weighted by atomic mass is 9.94. The van der Waals surface area contributed by atoms with Gasteiger partial charge in [-0.2, -0.15) is 0 Å². The summed E-state index contributed by atoms with van der Waals surface area (Å²) in [4.78, 5) is 36.2. The molecule has 0 saturated carbocycles. The molecule has 3 saturated heterocycles. The van der Waals surface area contributed by atoms with Gasteiger partial charge in [-0.3, -0.25) is 9.59 Å². The molecule has 3 aliphatic rings. The number of nitrogens with zero attached hydrogens (tertiary/aromatic N) is 4. The predicted molar refractivity (Wildman–Crippen MR) is 222 cm³/mol. The Bertz CT molecular complexity index is 1750. The minimum Gasteiger partial charge on any atom is -0.339 e. The van der Waals surface area contributed by atoms with Crippen molar-refractivity contribution < 1.29 is 9.59 Å². The summed E-state index contributed by atoms with van der Waals surface area (Å²) in [7, 11) is 0. The summed E-state index contributed by atoms with van der Waals surface area (Å²) in [6, 6.07) is 25.4. The van der Waals surface area contributed by atoms with E-state index < -0.39 is 0 Å². The maximum Gasteiger partial charge on any atom is 0.253 e. The zero-order valence-corrected chi connectivity index (χ0v) is 33.6. The maximum atomic E-state index is 13.4. The van der Waals surface area contributed by atoms with Gasteiger partial charge in [0.05, 0.1) is 0 Å². The first-order chi connectivity index (χ1) is 26.0. The van der Waals surface area contributed by atoms with Crippen LogP contribution in [0.1, 0.15) is 79.8 Å². The molecule has 6 heteroatoms. The first-order valence-electron chi connectivity index (χ1n) is 20.4. The number of piperazine rings is 1. The van der Waals surface area contributed by atoms with Crippen molar-refractivity contribution in [3.8, 4) is 22.3 Å². The second-order valence-electron chi connectivity index (χ2n) is 16.7. The normalized spacial score (nSPS) is 18.0. The molecule has 4 aromatic rings. The van der Waals surface area contributed by atoms with Crippen LogP contribution in [0.2, 0.25) is 0 Å². The molecule has 0 atom stereocenters. The standard InChI is InChI=1S/C48H60N4O2/c1-33-27-45(28-34(2)37(33)5)41-7-11-43(12-8-41)47(53)51-19-15-39(16-20-51)31-49-23-25-50(26-24-49)32-40-17-21-52(22-18-40)48(54)44-13-9-42(10-14-44)46-29-35(3)38(6)36(4)30-46/h7-14,27-30,39-40H,15-26,31-32H2,1-6H3. The molecule has 2 amide bonds. The highest BCUT2D eigenvalue weighted by molar-refractivity contribution is 5.95. The van der Waals surface area contributed by atoms with E-state index in [2.05, 4.69) is 110 Å². The SMILES string of the molecule is Cc1cc(-c2ccc(C(=O)N3CCC(CN4CCN(CC5CCN(C(=O)c6ccc(-c7cc(C)c(C)c(C)c7)cc6)CC5)CC4)CC3)cc2)cc(C)c1C. The van der Waals surface area contributed by atoms with Crippen molar-refractivity contribution in [1.29, 1.82) is 0 Å². The van der Waals surface area contributed by atoms with E-state index in [1.165, 1.54) is 44.5 Å². The lowest BCUT2D eigenvalue weighted by Gasteiger charge is -2.41. The maximum absolute atomic E-state index is 13.4. The van der Waals surface area contributed by atoms with E-state index in [1.807, 2.05) is 24.3 Å². The van der Waals surface area contributed by atoms with Crippen LogP contribution in [0, 0.1) is 53.4 Å². The van der Waals surface area contributed by atoms with Crippen LogP contribution >= 0.6 is 0 Å². The van der Waals surface area contributed by atoms with Crippen LogP contribution in [-0.4, -0.2) is 96.9 Å². The summed E-state index contributed by atoms with van der Waals surface area (Å²) in [6.45, 7) is 23.2. The van der Waals surface area contributed by atoms with Gasteiger partial charge in [0.2, 0.25) is 0 Å². The number of hydrogen-bond donors (Lipinski definition) is 0. The minimum absolute atomic E-state index is 0.165. The summed E-state index contributed by atoms with van der Waals surface area (Å²) in [5.74, 6) is 1.64. The molecule has 0 radical (unpaired) electrons. The van der Waals surface area contributed by atoms with Gasteiger partial charge in [-0.05, 0) is 159 Å². The minimum atomic E-state index is 0.165. The molecule has 0 bridgehead atoms. The van der Waals surface area contributed by atoms with Crippen LogP contribution in [0.25, 0.3) is 22.3 Å². The summed E-state index contributed by atoms with van der Waals surface area (Å²) >= 11 is 0. The molecule has 3 heterocycles. The Balaban J connectivity index is 0.802. The number of rotatable bonds is 8. The Morgan fingerprint density at radius 1 is 0.444 bits per heavy atom. The van der Waals surface area contributed by atoms with Crippen molar-refractivity contribution in [2.24, 2.45) is 11.8 Å². The lowest BCUT2D eigenvalue weighted by Crippen LogP contribution is -2.50. The van der Waals surface area contributed by atoms with Crippen LogP contribution in [0.5, 0.6) is 0 Å². The summed E-state index contributed by atoms with van der Waals surface area (Å²) in [6.07, 6.45) is 4.33. The molecule has 284 valence electrons. The van der Waals surface area contributed by atoms with E-state index in [-0.39, 0.29) is 11.8 Å². The molecule has 0 unspecified atom stereocenters. The van der Waals surface area contributed by atoms with Crippen molar-refractivity contribution in [2.45, 2.75) is 67.2 Å². The third-order valence-corrected chi connectivity index (χ3v) is 13.1. The zero-order chi connectivity index (χ0) is 37.9. The molecule has 7 rings (SSSR count). The Morgan fingerprint density at radius 2 is 0.741 bits per heavy atom. The third kappa shape index (κ3) is 8.66. The first kappa shape index (κ1) is 38.0. The van der Waals surface area contributed by atoms with Crippen LogP contribution in [-0.2, 0) is 0 Å². The molecule has 6 nitrogen and oxygen atoms in total. The smallest absolute Gasteiger partial charge is 0.253 e. The van der Waals surface area contributed by atoms with E-state index in [0.717, 1.165) is 113 Å². The molecule has 3 aliphatic heterocycles. The Morgan fingerprint density at radius 3 is 1.04 bits per heavy atom. The van der Waals surface area contributed by atoms with Crippen molar-refractivity contribution in [3.05, 3.63) is 117 Å². The highest BCUT2D eigenvalue weighted by Crippen LogP contribution is 2.29. The number of aryl methyl sites for hydroxylation is 4. The van der Waals surface area contributed by atoms with Gasteiger partial charge in [-0.15, -0.1) is 0 Å². The fourth-order valence-corrected chi connectivity index (χ4v) is 8.90. The number of likely N-dealkylation sites (tertiary alicyclic amines) is 2. The van der Waals surface area contributed by atoms with E-state index in [0.29, 0.717) is 11.8 Å². The zero-order valence-electron chi connectivity index (χ0n) is 33.6. The molecule has 0 aliphatic carbocycles. The molecular weight excluding hydrogens is 665 g/mol. The molecule has 4 aromatic carbocycles. The van der Waals surface area contributed by atoms with Crippen LogP contribution in [0.3, 0.4) is 0 Å². The second kappa shape index (κ2) is 16.6. The van der Waals surface area contributed by atoms with Crippen molar-refractivity contribution in [1.82, 2.24) is 19.6 Å². The highest BCUT2D eigenvalue weighted by atomic mass is 16.2. The largest absolute Gasteiger partial charge is 0.339 e. The van der Waals surface area contributed by atoms with Gasteiger partial charge in [0.1, 0.15) is 0 Å². The molecule has 0 spiro atoms. The number of piperidine rings is 2. The Labute approximate surface area is 324 Å². The summed E-state index contributed by atoms with van der Waals surface area (Å²) in [5, 5.41) is 0. The Hall–Kier alpha value is -4.26. The molecule has 0 aromatic heterocycles. The average Bonchev–Trinajstić information content (AvgIpc) is 3.19. The molecular formula is C48H60N4O2. The van der Waals surface area contributed by atoms with Gasteiger partial charge >= 0.3 is 0 Å². The van der Waals surface area contributed by atoms with Gasteiger partial charge in [-0.25, -0.2) is 0 Å². The van der Waals surface area contributed by atoms with E-state index in [1.54, 1.807) is 0 Å². The van der Waals surface area contributed by atoms with E-state index in [4.69, 9.17) is 0 Å². The number of hydrogen-bond acceptors (Lipinski definition) is 4. The van der Waals surface area contributed by atoms with Gasteiger partial charge in [0.15, 0.2) is 0 Å². The van der Waals surface area contributed by atoms with Crippen LogP contribution < -0.4 is 0 Å². The fourth-order valence-electron chi connectivity index (χ4n) is 8.90. The van der Waals surface area contributed by atoms with E-state index >= 15 is 0 Å². The van der Waals surface area contributed by atoms with Gasteiger partial charge in [0, 0.05) is 76.6 Å². The fraction of sp³-hybridized carbons (Fsp3) is 0.458. The number of carbonyl (C=O) groups excluding carboxylic acids is 2. The van der Waals surface area contributed by atoms with Gasteiger partial charge in [-0.1, -0.05) is 48.5 Å². The molecule has 0 N–H and O–H groups in total. The van der Waals surface area contributed by atoms with Gasteiger partial charge in [0.25, 0.3) is 11.8 Å². The average molecular weight is 725 g/mol. The van der Waals surface area contributed by atoms with Crippen molar-refractivity contribution in [2.75, 3.05) is 65.4 Å². The molecule has 54 heavy (non-hydrogen) atoms.